The van der Waals surface area contributed by atoms with Crippen LogP contribution in [0.5, 0.6) is 0 Å². The van der Waals surface area contributed by atoms with E-state index in [0.717, 1.165) is 0 Å². The van der Waals surface area contributed by atoms with Gasteiger partial charge in [-0.05, 0) is 37.3 Å². The van der Waals surface area contributed by atoms with Gasteiger partial charge >= 0.3 is 0 Å². The highest BCUT2D eigenvalue weighted by atomic mass is 19.1. The van der Waals surface area contributed by atoms with Gasteiger partial charge in [0.25, 0.3) is 11.6 Å². The number of benzene rings is 2. The van der Waals surface area contributed by atoms with Gasteiger partial charge in [0.2, 0.25) is 0 Å². The van der Waals surface area contributed by atoms with E-state index in [-0.39, 0.29) is 11.6 Å². The number of amides is 1. The van der Waals surface area contributed by atoms with Gasteiger partial charge in [0.15, 0.2) is 5.52 Å². The van der Waals surface area contributed by atoms with E-state index >= 15 is 0 Å². The molecule has 2 N–H and O–H groups in total. The van der Waals surface area contributed by atoms with E-state index in [2.05, 4.69) is 15.6 Å². The highest BCUT2D eigenvalue weighted by Crippen LogP contribution is 2.29. The molecule has 0 saturated heterocycles. The maximum atomic E-state index is 12.9. The van der Waals surface area contributed by atoms with Crippen molar-refractivity contribution in [1.29, 1.82) is 0 Å². The number of para-hydroxylation sites is 1. The quantitative estimate of drug-likeness (QED) is 0.395. The summed E-state index contributed by atoms with van der Waals surface area (Å²) in [6, 6.07) is 11.9. The van der Waals surface area contributed by atoms with Crippen LogP contribution in [-0.4, -0.2) is 28.9 Å². The number of aromatic nitrogens is 1. The highest BCUT2D eigenvalue weighted by molar-refractivity contribution is 5.97. The summed E-state index contributed by atoms with van der Waals surface area (Å²) < 4.78 is 12.9. The molecule has 0 radical (unpaired) electrons. The molecule has 138 valence electrons. The summed E-state index contributed by atoms with van der Waals surface area (Å²) >= 11 is 0. The number of pyridine rings is 1. The Hall–Kier alpha value is -3.55. The zero-order valence-electron chi connectivity index (χ0n) is 14.5. The van der Waals surface area contributed by atoms with Gasteiger partial charge < -0.3 is 10.6 Å². The van der Waals surface area contributed by atoms with Gasteiger partial charge in [-0.25, -0.2) is 9.37 Å². The topological polar surface area (TPSA) is 97.2 Å². The van der Waals surface area contributed by atoms with Crippen LogP contribution in [0.4, 0.5) is 15.8 Å². The van der Waals surface area contributed by atoms with E-state index in [1.54, 1.807) is 25.1 Å². The third kappa shape index (κ3) is 4.17. The first kappa shape index (κ1) is 18.2. The first-order valence-corrected chi connectivity index (χ1v) is 8.28. The molecule has 7 nitrogen and oxygen atoms in total. The number of hydrogen-bond acceptors (Lipinski definition) is 5. The normalized spacial score (nSPS) is 10.6. The number of nitrogens with one attached hydrogen (secondary N) is 2. The summed E-state index contributed by atoms with van der Waals surface area (Å²) in [6.45, 7) is 2.50. The number of aryl methyl sites for hydroxylation is 1. The number of carbonyl (C=O) groups is 1. The predicted molar refractivity (Wildman–Crippen MR) is 100 cm³/mol. The molecule has 0 bridgehead atoms. The van der Waals surface area contributed by atoms with Gasteiger partial charge in [-0.15, -0.1) is 0 Å². The lowest BCUT2D eigenvalue weighted by Gasteiger charge is -2.11. The van der Waals surface area contributed by atoms with Crippen molar-refractivity contribution in [2.75, 3.05) is 18.4 Å². The molecule has 1 amide bonds. The maximum absolute atomic E-state index is 12.9. The number of rotatable bonds is 6. The summed E-state index contributed by atoms with van der Waals surface area (Å²) in [5.74, 6) is -0.703. The summed E-state index contributed by atoms with van der Waals surface area (Å²) in [4.78, 5) is 27.0. The van der Waals surface area contributed by atoms with Crippen LogP contribution in [0.1, 0.15) is 16.1 Å². The Morgan fingerprint density at radius 2 is 1.93 bits per heavy atom. The molecule has 1 aromatic heterocycles. The molecule has 8 heteroatoms. The minimum atomic E-state index is -0.457. The molecule has 0 aliphatic rings. The van der Waals surface area contributed by atoms with Crippen LogP contribution in [0, 0.1) is 22.9 Å². The van der Waals surface area contributed by atoms with Gasteiger partial charge in [-0.2, -0.15) is 0 Å². The monoisotopic (exact) mass is 368 g/mol. The van der Waals surface area contributed by atoms with E-state index in [1.165, 1.54) is 30.3 Å². The number of carbonyl (C=O) groups excluding carboxylic acids is 1. The molecule has 3 rings (SSSR count). The number of halogens is 1. The molecular formula is C19H17FN4O3. The second kappa shape index (κ2) is 7.77. The Morgan fingerprint density at radius 1 is 1.19 bits per heavy atom. The van der Waals surface area contributed by atoms with Crippen LogP contribution < -0.4 is 10.6 Å². The van der Waals surface area contributed by atoms with Crippen molar-refractivity contribution < 1.29 is 14.1 Å². The van der Waals surface area contributed by atoms with E-state index in [9.17, 15) is 19.3 Å². The standard InChI is InChI=1S/C19H17FN4O3/c1-12-11-16(15-3-2-4-17(24(26)27)18(15)23-12)21-9-10-22-19(25)13-5-7-14(20)8-6-13/h2-8,11H,9-10H2,1H3,(H,21,23)(H,22,25). The molecule has 0 fully saturated rings. The smallest absolute Gasteiger partial charge is 0.295 e. The molecular weight excluding hydrogens is 351 g/mol. The molecule has 3 aromatic rings. The average Bonchev–Trinajstić information content (AvgIpc) is 2.64. The van der Waals surface area contributed by atoms with E-state index in [0.29, 0.717) is 40.9 Å². The van der Waals surface area contributed by atoms with Gasteiger partial charge in [0, 0.05) is 41.5 Å². The van der Waals surface area contributed by atoms with Crippen LogP contribution in [0.3, 0.4) is 0 Å². The minimum absolute atomic E-state index is 0.0520. The Balaban J connectivity index is 1.68. The largest absolute Gasteiger partial charge is 0.383 e. The Labute approximate surface area is 154 Å². The summed E-state index contributed by atoms with van der Waals surface area (Å²) in [5, 5.41) is 17.7. The van der Waals surface area contributed by atoms with Crippen molar-refractivity contribution in [3.05, 3.63) is 75.7 Å². The third-order valence-electron chi connectivity index (χ3n) is 3.98. The second-order valence-corrected chi connectivity index (χ2v) is 5.93. The lowest BCUT2D eigenvalue weighted by molar-refractivity contribution is -0.383. The van der Waals surface area contributed by atoms with Crippen molar-refractivity contribution in [2.24, 2.45) is 0 Å². The molecule has 1 heterocycles. The van der Waals surface area contributed by atoms with Crippen LogP contribution in [0.25, 0.3) is 10.9 Å². The lowest BCUT2D eigenvalue weighted by atomic mass is 10.1. The molecule has 2 aromatic carbocycles. The Bertz CT molecular complexity index is 1010. The number of nitrogens with zero attached hydrogens (tertiary/aromatic N) is 2. The molecule has 0 aliphatic carbocycles. The fourth-order valence-corrected chi connectivity index (χ4v) is 2.73. The fraction of sp³-hybridized carbons (Fsp3) is 0.158. The zero-order chi connectivity index (χ0) is 19.4. The SMILES string of the molecule is Cc1cc(NCCNC(=O)c2ccc(F)cc2)c2cccc([N+](=O)[O-])c2n1. The molecule has 0 aliphatic heterocycles. The fourth-order valence-electron chi connectivity index (χ4n) is 2.73. The molecule has 0 spiro atoms. The predicted octanol–water partition coefficient (Wildman–Crippen LogP) is 3.43. The summed E-state index contributed by atoms with van der Waals surface area (Å²) in [7, 11) is 0. The number of fused-ring (bicyclic) bond motifs is 1. The number of non-ortho nitro benzene ring substituents is 1. The van der Waals surface area contributed by atoms with Crippen LogP contribution in [0.2, 0.25) is 0 Å². The van der Waals surface area contributed by atoms with E-state index in [1.807, 2.05) is 0 Å². The van der Waals surface area contributed by atoms with Crippen molar-refractivity contribution in [3.63, 3.8) is 0 Å². The lowest BCUT2D eigenvalue weighted by Crippen LogP contribution is -2.28. The first-order chi connectivity index (χ1) is 13.0. The third-order valence-corrected chi connectivity index (χ3v) is 3.98. The van der Waals surface area contributed by atoms with Gasteiger partial charge in [0.05, 0.1) is 4.92 Å². The van der Waals surface area contributed by atoms with Crippen molar-refractivity contribution >= 4 is 28.2 Å². The molecule has 0 saturated carbocycles. The van der Waals surface area contributed by atoms with E-state index < -0.39 is 10.7 Å². The first-order valence-electron chi connectivity index (χ1n) is 8.28. The Kier molecular flexibility index (Phi) is 5.25. The van der Waals surface area contributed by atoms with Crippen molar-refractivity contribution in [2.45, 2.75) is 6.92 Å². The zero-order valence-corrected chi connectivity index (χ0v) is 14.5. The van der Waals surface area contributed by atoms with Gasteiger partial charge in [-0.3, -0.25) is 14.9 Å². The van der Waals surface area contributed by atoms with Crippen LogP contribution >= 0.6 is 0 Å². The van der Waals surface area contributed by atoms with Crippen molar-refractivity contribution in [1.82, 2.24) is 10.3 Å². The van der Waals surface area contributed by atoms with E-state index in [4.69, 9.17) is 0 Å². The number of anilines is 1. The highest BCUT2D eigenvalue weighted by Gasteiger charge is 2.15. The van der Waals surface area contributed by atoms with Crippen LogP contribution in [0.15, 0.2) is 48.5 Å². The van der Waals surface area contributed by atoms with Gasteiger partial charge in [0.1, 0.15) is 5.82 Å². The summed E-state index contributed by atoms with van der Waals surface area (Å²) in [5.41, 5.74) is 1.99. The van der Waals surface area contributed by atoms with Gasteiger partial charge in [-0.1, -0.05) is 12.1 Å². The molecule has 27 heavy (non-hydrogen) atoms. The number of nitro groups is 1. The Morgan fingerprint density at radius 3 is 2.63 bits per heavy atom. The summed E-state index contributed by atoms with van der Waals surface area (Å²) in [6.07, 6.45) is 0. The minimum Gasteiger partial charge on any atom is -0.383 e. The average molecular weight is 368 g/mol. The van der Waals surface area contributed by atoms with Crippen molar-refractivity contribution in [3.8, 4) is 0 Å². The van der Waals surface area contributed by atoms with Crippen LogP contribution in [-0.2, 0) is 0 Å². The molecule has 0 unspecified atom stereocenters. The number of hydrogen-bond donors (Lipinski definition) is 2. The maximum Gasteiger partial charge on any atom is 0.295 e. The molecule has 0 atom stereocenters. The second-order valence-electron chi connectivity index (χ2n) is 5.93. The number of nitro benzene ring substituents is 1.